The van der Waals surface area contributed by atoms with Crippen LogP contribution in [-0.4, -0.2) is 61.8 Å². The number of fused-ring (bicyclic) bond motifs is 1. The van der Waals surface area contributed by atoms with E-state index in [-0.39, 0.29) is 39.6 Å². The molecule has 2 bridgehead atoms. The average molecular weight is 524 g/mol. The third-order valence-electron chi connectivity index (χ3n) is 7.67. The van der Waals surface area contributed by atoms with E-state index in [1.807, 2.05) is 14.1 Å². The minimum Gasteiger partial charge on any atom is -0.431 e. The first-order chi connectivity index (χ1) is 18.1. The van der Waals surface area contributed by atoms with Crippen molar-refractivity contribution in [1.82, 2.24) is 29.6 Å². The van der Waals surface area contributed by atoms with E-state index in [0.717, 1.165) is 0 Å². The Morgan fingerprint density at radius 3 is 2.55 bits per heavy atom. The third kappa shape index (κ3) is 3.70. The van der Waals surface area contributed by atoms with Gasteiger partial charge < -0.3 is 15.0 Å². The van der Waals surface area contributed by atoms with Crippen molar-refractivity contribution in [3.63, 3.8) is 0 Å². The number of rotatable bonds is 7. The Bertz CT molecular complexity index is 1570. The number of alkyl halides is 2. The summed E-state index contributed by atoms with van der Waals surface area (Å²) < 4.78 is 47.4. The second-order valence-corrected chi connectivity index (χ2v) is 10.2. The molecule has 0 unspecified atom stereocenters. The number of nitrogens with zero attached hydrogens (tertiary/aromatic N) is 6. The standard InChI is InChI=1S/C26H24F3N7O2/c1-35(2)26-10-25(11-26,12-26)23(37)33-22-18(38-24(28)29)8-17-21(32-22)20(31-13-30-17)15-9-36(3)34-19(15)14-6-4-5-7-16(14)27/h4-9,13,24H,10-12H2,1-3H3,(H,32,33,37). The number of hydrogen-bond donors (Lipinski definition) is 1. The number of aromatic nitrogens is 5. The minimum absolute atomic E-state index is 0.0148. The number of pyridine rings is 1. The SMILES string of the molecule is CN(C)C12CC(C(=O)Nc3nc4c(-c5cn(C)nc5-c5ccccc5F)ncnc4cc3OC(F)F)(C1)C2. The van der Waals surface area contributed by atoms with Crippen LogP contribution in [0.1, 0.15) is 19.3 Å². The van der Waals surface area contributed by atoms with E-state index in [1.165, 1.54) is 23.1 Å². The zero-order chi connectivity index (χ0) is 26.8. The van der Waals surface area contributed by atoms with Crippen molar-refractivity contribution in [2.45, 2.75) is 31.4 Å². The molecule has 196 valence electrons. The molecule has 0 radical (unpaired) electrons. The Hall–Kier alpha value is -4.06. The second kappa shape index (κ2) is 8.48. The van der Waals surface area contributed by atoms with Gasteiger partial charge in [0.15, 0.2) is 11.6 Å². The molecule has 7 rings (SSSR count). The van der Waals surface area contributed by atoms with Gasteiger partial charge in [-0.1, -0.05) is 12.1 Å². The maximum Gasteiger partial charge on any atom is 0.387 e. The summed E-state index contributed by atoms with van der Waals surface area (Å²) in [4.78, 5) is 28.4. The van der Waals surface area contributed by atoms with Gasteiger partial charge in [0.05, 0.1) is 10.9 Å². The summed E-state index contributed by atoms with van der Waals surface area (Å²) >= 11 is 0. The van der Waals surface area contributed by atoms with E-state index in [1.54, 1.807) is 31.4 Å². The normalized spacial score (nSPS) is 21.9. The number of carbonyl (C=O) groups excluding carboxylic acids is 1. The number of hydrogen-bond acceptors (Lipinski definition) is 7. The van der Waals surface area contributed by atoms with Crippen molar-refractivity contribution in [2.24, 2.45) is 12.5 Å². The van der Waals surface area contributed by atoms with Crippen LogP contribution in [0.25, 0.3) is 33.5 Å². The Balaban J connectivity index is 1.44. The second-order valence-electron chi connectivity index (χ2n) is 10.2. The van der Waals surface area contributed by atoms with Gasteiger partial charge in [-0.2, -0.15) is 13.9 Å². The Morgan fingerprint density at radius 2 is 1.87 bits per heavy atom. The van der Waals surface area contributed by atoms with E-state index < -0.39 is 17.8 Å². The van der Waals surface area contributed by atoms with Crippen molar-refractivity contribution in [2.75, 3.05) is 19.4 Å². The van der Waals surface area contributed by atoms with Gasteiger partial charge in [-0.25, -0.2) is 19.3 Å². The van der Waals surface area contributed by atoms with Gasteiger partial charge in [-0.3, -0.25) is 9.48 Å². The summed E-state index contributed by atoms with van der Waals surface area (Å²) in [5.41, 5.74) is 1.25. The number of aryl methyl sites for hydroxylation is 1. The maximum atomic E-state index is 14.7. The zero-order valence-electron chi connectivity index (χ0n) is 20.9. The number of ether oxygens (including phenoxy) is 1. The van der Waals surface area contributed by atoms with E-state index in [4.69, 9.17) is 4.74 Å². The summed E-state index contributed by atoms with van der Waals surface area (Å²) in [6.45, 7) is -3.14. The lowest BCUT2D eigenvalue weighted by atomic mass is 9.38. The van der Waals surface area contributed by atoms with Crippen LogP contribution in [0.2, 0.25) is 0 Å². The molecule has 1 amide bonds. The van der Waals surface area contributed by atoms with Gasteiger partial charge in [-0.15, -0.1) is 0 Å². The lowest BCUT2D eigenvalue weighted by Crippen LogP contribution is -2.76. The number of nitrogens with one attached hydrogen (secondary N) is 1. The lowest BCUT2D eigenvalue weighted by molar-refractivity contribution is -0.204. The van der Waals surface area contributed by atoms with Gasteiger partial charge in [0.1, 0.15) is 29.0 Å². The fraction of sp³-hybridized carbons (Fsp3) is 0.346. The monoisotopic (exact) mass is 523 g/mol. The van der Waals surface area contributed by atoms with Gasteiger partial charge >= 0.3 is 6.61 Å². The van der Waals surface area contributed by atoms with Crippen LogP contribution >= 0.6 is 0 Å². The Kier molecular flexibility index (Phi) is 5.42. The van der Waals surface area contributed by atoms with Gasteiger partial charge in [0.2, 0.25) is 5.91 Å². The highest BCUT2D eigenvalue weighted by atomic mass is 19.3. The molecule has 1 aromatic carbocycles. The number of amides is 1. The predicted molar refractivity (Wildman–Crippen MR) is 133 cm³/mol. The summed E-state index contributed by atoms with van der Waals surface area (Å²) in [5, 5.41) is 7.14. The smallest absolute Gasteiger partial charge is 0.387 e. The first-order valence-corrected chi connectivity index (χ1v) is 12.0. The molecule has 3 aromatic heterocycles. The van der Waals surface area contributed by atoms with E-state index in [2.05, 4.69) is 30.3 Å². The van der Waals surface area contributed by atoms with E-state index in [9.17, 15) is 18.0 Å². The molecule has 3 aliphatic carbocycles. The van der Waals surface area contributed by atoms with Crippen molar-refractivity contribution >= 4 is 22.8 Å². The van der Waals surface area contributed by atoms with Crippen molar-refractivity contribution in [3.8, 4) is 28.3 Å². The third-order valence-corrected chi connectivity index (χ3v) is 7.67. The molecule has 0 atom stereocenters. The molecule has 3 saturated carbocycles. The highest BCUT2D eigenvalue weighted by molar-refractivity contribution is 6.01. The molecule has 4 aromatic rings. The molecule has 0 spiro atoms. The van der Waals surface area contributed by atoms with Crippen LogP contribution in [0.15, 0.2) is 42.9 Å². The maximum absolute atomic E-state index is 14.7. The lowest BCUT2D eigenvalue weighted by Gasteiger charge is -2.71. The van der Waals surface area contributed by atoms with Gasteiger partial charge in [-0.05, 0) is 45.5 Å². The molecule has 3 heterocycles. The van der Waals surface area contributed by atoms with Crippen molar-refractivity contribution in [3.05, 3.63) is 48.7 Å². The number of anilines is 1. The van der Waals surface area contributed by atoms with Crippen LogP contribution < -0.4 is 10.1 Å². The van der Waals surface area contributed by atoms with Crippen LogP contribution in [0.5, 0.6) is 5.75 Å². The van der Waals surface area contributed by atoms with Gasteiger partial charge in [0.25, 0.3) is 0 Å². The average Bonchev–Trinajstić information content (AvgIpc) is 3.18. The number of benzene rings is 1. The summed E-state index contributed by atoms with van der Waals surface area (Å²) in [6.07, 6.45) is 4.98. The molecule has 0 aliphatic heterocycles. The molecular weight excluding hydrogens is 499 g/mol. The quantitative estimate of drug-likeness (QED) is 0.387. The molecule has 12 heteroatoms. The number of carbonyl (C=O) groups is 1. The Morgan fingerprint density at radius 1 is 1.13 bits per heavy atom. The van der Waals surface area contributed by atoms with Crippen molar-refractivity contribution < 1.29 is 22.7 Å². The van der Waals surface area contributed by atoms with E-state index in [0.29, 0.717) is 36.2 Å². The van der Waals surface area contributed by atoms with Crippen molar-refractivity contribution in [1.29, 1.82) is 0 Å². The van der Waals surface area contributed by atoms with Gasteiger partial charge in [0, 0.05) is 36.0 Å². The minimum atomic E-state index is -3.14. The molecule has 38 heavy (non-hydrogen) atoms. The Labute approximate surface area is 215 Å². The van der Waals surface area contributed by atoms with Crippen LogP contribution in [-0.2, 0) is 11.8 Å². The molecule has 9 nitrogen and oxygen atoms in total. The topological polar surface area (TPSA) is 98.1 Å². The highest BCUT2D eigenvalue weighted by Gasteiger charge is 2.72. The molecule has 3 fully saturated rings. The van der Waals surface area contributed by atoms with Crippen LogP contribution in [0.4, 0.5) is 19.0 Å². The van der Waals surface area contributed by atoms with Crippen LogP contribution in [0.3, 0.4) is 0 Å². The zero-order valence-corrected chi connectivity index (χ0v) is 20.9. The molecule has 3 aliphatic rings. The summed E-state index contributed by atoms with van der Waals surface area (Å²) in [6, 6.07) is 7.49. The highest BCUT2D eigenvalue weighted by Crippen LogP contribution is 2.69. The fourth-order valence-corrected chi connectivity index (χ4v) is 5.64. The number of halogens is 3. The summed E-state index contributed by atoms with van der Waals surface area (Å²) in [7, 11) is 5.65. The van der Waals surface area contributed by atoms with Crippen LogP contribution in [0, 0.1) is 11.2 Å². The van der Waals surface area contributed by atoms with E-state index >= 15 is 0 Å². The first kappa shape index (κ1) is 24.3. The molecule has 1 N–H and O–H groups in total. The molecular formula is C26H24F3N7O2. The summed E-state index contributed by atoms with van der Waals surface area (Å²) in [5.74, 6) is -1.22. The largest absolute Gasteiger partial charge is 0.431 e. The molecule has 0 saturated heterocycles. The predicted octanol–water partition coefficient (Wildman–Crippen LogP) is 4.26. The first-order valence-electron chi connectivity index (χ1n) is 12.0. The fourth-order valence-electron chi connectivity index (χ4n) is 5.64.